The molecule has 0 N–H and O–H groups in total. The summed E-state index contributed by atoms with van der Waals surface area (Å²) in [6.07, 6.45) is 2.95. The van der Waals surface area contributed by atoms with Crippen LogP contribution >= 0.6 is 11.6 Å². The van der Waals surface area contributed by atoms with Crippen molar-refractivity contribution in [3.8, 4) is 5.69 Å². The maximum Gasteiger partial charge on any atom is 0.358 e. The summed E-state index contributed by atoms with van der Waals surface area (Å²) >= 11 is 6.08. The molecular weight excluding hydrogens is 451 g/mol. The molecule has 2 aliphatic heterocycles. The second-order valence-electron chi connectivity index (χ2n) is 8.08. The molecule has 11 heteroatoms. The van der Waals surface area contributed by atoms with E-state index in [4.69, 9.17) is 16.3 Å². The Bertz CT molecular complexity index is 1210. The van der Waals surface area contributed by atoms with E-state index in [9.17, 15) is 14.0 Å². The highest BCUT2D eigenvalue weighted by atomic mass is 35.5. The molecule has 3 aromatic rings. The average molecular weight is 471 g/mol. The lowest BCUT2D eigenvalue weighted by molar-refractivity contribution is 0.0594. The zero-order valence-corrected chi connectivity index (χ0v) is 18.4. The minimum absolute atomic E-state index is 0.0346. The molecule has 0 radical (unpaired) electrons. The number of benzene rings is 1. The highest BCUT2D eigenvalue weighted by molar-refractivity contribution is 6.33. The number of esters is 1. The van der Waals surface area contributed by atoms with Gasteiger partial charge in [-0.05, 0) is 24.3 Å². The lowest BCUT2D eigenvalue weighted by Gasteiger charge is -2.23. The Labute approximate surface area is 193 Å². The van der Waals surface area contributed by atoms with Crippen LogP contribution in [0, 0.1) is 17.7 Å². The fraction of sp³-hybridized carbons (Fsp3) is 0.318. The van der Waals surface area contributed by atoms with Crippen LogP contribution in [0.4, 0.5) is 10.2 Å². The number of carbonyl (C=O) groups is 2. The molecule has 1 amide bonds. The second kappa shape index (κ2) is 8.43. The number of hydrogen-bond acceptors (Lipinski definition) is 7. The van der Waals surface area contributed by atoms with Crippen molar-refractivity contribution < 1.29 is 18.7 Å². The average Bonchev–Trinajstić information content (AvgIpc) is 3.55. The number of ether oxygens (including phenoxy) is 1. The molecule has 2 aromatic heterocycles. The number of pyridine rings is 1. The molecule has 0 bridgehead atoms. The molecule has 4 heterocycles. The van der Waals surface area contributed by atoms with Crippen LogP contribution in [0.1, 0.15) is 20.8 Å². The summed E-state index contributed by atoms with van der Waals surface area (Å²) in [5, 5.41) is 8.31. The van der Waals surface area contributed by atoms with Crippen LogP contribution < -0.4 is 4.90 Å². The molecule has 0 saturated carbocycles. The van der Waals surface area contributed by atoms with E-state index in [2.05, 4.69) is 20.1 Å². The van der Waals surface area contributed by atoms with Gasteiger partial charge in [0.25, 0.3) is 5.91 Å². The third-order valence-corrected chi connectivity index (χ3v) is 6.45. The van der Waals surface area contributed by atoms with Gasteiger partial charge in [-0.2, -0.15) is 15.0 Å². The highest BCUT2D eigenvalue weighted by Gasteiger charge is 2.43. The zero-order valence-electron chi connectivity index (χ0n) is 17.7. The highest BCUT2D eigenvalue weighted by Crippen LogP contribution is 2.35. The predicted molar refractivity (Wildman–Crippen MR) is 117 cm³/mol. The van der Waals surface area contributed by atoms with Gasteiger partial charge in [-0.3, -0.25) is 4.79 Å². The number of hydrogen-bond donors (Lipinski definition) is 0. The van der Waals surface area contributed by atoms with E-state index in [0.717, 1.165) is 0 Å². The molecule has 0 aliphatic carbocycles. The Hall–Kier alpha value is -3.53. The summed E-state index contributed by atoms with van der Waals surface area (Å²) in [6.45, 7) is 2.32. The van der Waals surface area contributed by atoms with Crippen molar-refractivity contribution in [1.29, 1.82) is 0 Å². The summed E-state index contributed by atoms with van der Waals surface area (Å²) in [5.41, 5.74) is 0.349. The monoisotopic (exact) mass is 470 g/mol. The third-order valence-electron chi connectivity index (χ3n) is 6.15. The van der Waals surface area contributed by atoms with Gasteiger partial charge in [-0.1, -0.05) is 17.7 Å². The number of rotatable bonds is 4. The number of anilines is 1. The predicted octanol–water partition coefficient (Wildman–Crippen LogP) is 2.45. The van der Waals surface area contributed by atoms with Gasteiger partial charge in [0.2, 0.25) is 0 Å². The summed E-state index contributed by atoms with van der Waals surface area (Å²) in [4.78, 5) is 34.6. The third kappa shape index (κ3) is 3.80. The number of methoxy groups -OCH3 is 1. The number of fused-ring (bicyclic) bond motifs is 1. The number of halogens is 2. The quantitative estimate of drug-likeness (QED) is 0.541. The van der Waals surface area contributed by atoms with Gasteiger partial charge in [0, 0.05) is 38.0 Å². The molecule has 0 spiro atoms. The lowest BCUT2D eigenvalue weighted by atomic mass is 10.0. The number of amides is 1. The van der Waals surface area contributed by atoms with Crippen molar-refractivity contribution in [2.75, 3.05) is 38.2 Å². The van der Waals surface area contributed by atoms with Gasteiger partial charge >= 0.3 is 5.97 Å². The molecule has 1 aromatic carbocycles. The smallest absolute Gasteiger partial charge is 0.358 e. The molecule has 170 valence electrons. The Morgan fingerprint density at radius 2 is 1.76 bits per heavy atom. The van der Waals surface area contributed by atoms with Gasteiger partial charge in [-0.25, -0.2) is 14.2 Å². The summed E-state index contributed by atoms with van der Waals surface area (Å²) in [7, 11) is 1.28. The van der Waals surface area contributed by atoms with Crippen molar-refractivity contribution in [2.45, 2.75) is 0 Å². The molecule has 33 heavy (non-hydrogen) atoms. The van der Waals surface area contributed by atoms with Crippen LogP contribution in [0.3, 0.4) is 0 Å². The van der Waals surface area contributed by atoms with Crippen LogP contribution in [-0.2, 0) is 4.74 Å². The fourth-order valence-electron chi connectivity index (χ4n) is 4.58. The molecule has 2 fully saturated rings. The van der Waals surface area contributed by atoms with Crippen molar-refractivity contribution in [3.05, 3.63) is 64.8 Å². The Morgan fingerprint density at radius 1 is 1.06 bits per heavy atom. The number of likely N-dealkylation sites (tertiary alicyclic amines) is 1. The first-order valence-corrected chi connectivity index (χ1v) is 10.8. The minimum Gasteiger partial charge on any atom is -0.464 e. The first kappa shape index (κ1) is 21.3. The molecule has 2 aliphatic rings. The Kier molecular flexibility index (Phi) is 5.45. The summed E-state index contributed by atoms with van der Waals surface area (Å²) in [5.74, 6) is -0.538. The second-order valence-corrected chi connectivity index (χ2v) is 8.49. The van der Waals surface area contributed by atoms with Crippen LogP contribution in [0.2, 0.25) is 5.02 Å². The zero-order chi connectivity index (χ0) is 23.1. The summed E-state index contributed by atoms with van der Waals surface area (Å²) in [6, 6.07) is 7.82. The van der Waals surface area contributed by atoms with Crippen LogP contribution in [-0.4, -0.2) is 70.0 Å². The lowest BCUT2D eigenvalue weighted by Crippen LogP contribution is -2.34. The largest absolute Gasteiger partial charge is 0.464 e. The number of aromatic nitrogens is 4. The van der Waals surface area contributed by atoms with E-state index in [1.807, 2.05) is 0 Å². The van der Waals surface area contributed by atoms with E-state index < -0.39 is 11.8 Å². The first-order valence-electron chi connectivity index (χ1n) is 10.4. The van der Waals surface area contributed by atoms with E-state index >= 15 is 0 Å². The van der Waals surface area contributed by atoms with Crippen molar-refractivity contribution in [1.82, 2.24) is 24.9 Å². The molecular formula is C22H20ClFN6O3. The topological polar surface area (TPSA) is 93.5 Å². The molecule has 2 unspecified atom stereocenters. The van der Waals surface area contributed by atoms with Gasteiger partial charge < -0.3 is 14.5 Å². The van der Waals surface area contributed by atoms with Crippen LogP contribution in [0.5, 0.6) is 0 Å². The SMILES string of the molecule is COC(=O)c1nc(N2CC3CN(C(=O)c4c(F)cccc4-n4nccn4)CC3C2)ccc1Cl. The number of carbonyl (C=O) groups excluding carboxylic acids is 2. The standard InChI is InChI=1S/C22H20ClFN6O3/c1-33-22(32)20-15(23)5-6-18(27-20)28-9-13-11-29(12-14(13)10-28)21(31)19-16(24)3-2-4-17(19)30-25-7-8-26-30/h2-8,13-14H,9-12H2,1H3. The van der Waals surface area contributed by atoms with Crippen molar-refractivity contribution in [2.24, 2.45) is 11.8 Å². The van der Waals surface area contributed by atoms with Crippen LogP contribution in [0.15, 0.2) is 42.7 Å². The summed E-state index contributed by atoms with van der Waals surface area (Å²) < 4.78 is 19.5. The van der Waals surface area contributed by atoms with Gasteiger partial charge in [0.05, 0.1) is 24.5 Å². The normalized spacial score (nSPS) is 19.6. The van der Waals surface area contributed by atoms with E-state index in [-0.39, 0.29) is 34.0 Å². The van der Waals surface area contributed by atoms with Gasteiger partial charge in [0.1, 0.15) is 22.9 Å². The maximum absolute atomic E-state index is 14.7. The first-order chi connectivity index (χ1) is 16.0. The van der Waals surface area contributed by atoms with E-state index in [1.54, 1.807) is 23.1 Å². The molecule has 2 atom stereocenters. The molecule has 5 rings (SSSR count). The van der Waals surface area contributed by atoms with Crippen molar-refractivity contribution in [3.63, 3.8) is 0 Å². The van der Waals surface area contributed by atoms with Crippen LogP contribution in [0.25, 0.3) is 5.69 Å². The fourth-order valence-corrected chi connectivity index (χ4v) is 4.77. The molecule has 2 saturated heterocycles. The minimum atomic E-state index is -0.603. The van der Waals surface area contributed by atoms with E-state index in [1.165, 1.54) is 36.4 Å². The maximum atomic E-state index is 14.7. The Morgan fingerprint density at radius 3 is 2.42 bits per heavy atom. The van der Waals surface area contributed by atoms with Crippen molar-refractivity contribution >= 4 is 29.3 Å². The van der Waals surface area contributed by atoms with E-state index in [0.29, 0.717) is 37.7 Å². The Balaban J connectivity index is 1.32. The number of nitrogens with zero attached hydrogens (tertiary/aromatic N) is 6. The van der Waals surface area contributed by atoms with Gasteiger partial charge in [0.15, 0.2) is 5.69 Å². The molecule has 9 nitrogen and oxygen atoms in total. The van der Waals surface area contributed by atoms with Gasteiger partial charge in [-0.15, -0.1) is 0 Å².